The van der Waals surface area contributed by atoms with Crippen molar-refractivity contribution in [2.24, 2.45) is 0 Å². The van der Waals surface area contributed by atoms with E-state index in [2.05, 4.69) is 25.0 Å². The van der Waals surface area contributed by atoms with E-state index in [1.165, 1.54) is 5.56 Å². The lowest BCUT2D eigenvalue weighted by Gasteiger charge is -2.13. The van der Waals surface area contributed by atoms with Crippen LogP contribution in [0.2, 0.25) is 0 Å². The van der Waals surface area contributed by atoms with Gasteiger partial charge in [0.2, 0.25) is 0 Å². The van der Waals surface area contributed by atoms with Crippen molar-refractivity contribution >= 4 is 17.4 Å². The van der Waals surface area contributed by atoms with E-state index < -0.39 is 0 Å². The molecule has 0 aromatic heterocycles. The number of hydrogen-bond acceptors (Lipinski definition) is 2. The largest absolute Gasteiger partial charge is 0.508 e. The van der Waals surface area contributed by atoms with E-state index in [4.69, 9.17) is 6.42 Å². The van der Waals surface area contributed by atoms with E-state index in [0.29, 0.717) is 5.56 Å². The molecular weight excluding hydrogens is 284 g/mol. The zero-order valence-corrected chi connectivity index (χ0v) is 13.3. The van der Waals surface area contributed by atoms with E-state index in [-0.39, 0.29) is 23.9 Å². The summed E-state index contributed by atoms with van der Waals surface area (Å²) in [5, 5.41) is 9.67. The number of benzene rings is 2. The van der Waals surface area contributed by atoms with Gasteiger partial charge < -0.3 is 5.11 Å². The van der Waals surface area contributed by atoms with Crippen LogP contribution < -0.4 is 0 Å². The average Bonchev–Trinajstić information content (AvgIpc) is 2.83. The number of phenols is 1. The maximum atomic E-state index is 12.1. The van der Waals surface area contributed by atoms with Crippen LogP contribution in [0.4, 0.5) is 0 Å². The number of carbonyl (C=O) groups is 1. The van der Waals surface area contributed by atoms with Crippen molar-refractivity contribution < 1.29 is 9.90 Å². The van der Waals surface area contributed by atoms with Gasteiger partial charge in [-0.25, -0.2) is 0 Å². The molecule has 1 N–H and O–H groups in total. The van der Waals surface area contributed by atoms with Gasteiger partial charge >= 0.3 is 0 Å². The second-order valence-electron chi connectivity index (χ2n) is 6.03. The van der Waals surface area contributed by atoms with Crippen molar-refractivity contribution in [3.8, 4) is 18.1 Å². The fourth-order valence-corrected chi connectivity index (χ4v) is 3.18. The average molecular weight is 302 g/mol. The Bertz CT molecular complexity index is 866. The summed E-state index contributed by atoms with van der Waals surface area (Å²) in [6, 6.07) is 11.3. The Balaban J connectivity index is 2.05. The molecule has 1 atom stereocenters. The molecule has 0 bridgehead atoms. The van der Waals surface area contributed by atoms with Crippen LogP contribution in [0.25, 0.3) is 11.6 Å². The molecule has 1 aliphatic rings. The summed E-state index contributed by atoms with van der Waals surface area (Å²) in [4.78, 5) is 12.1. The van der Waals surface area contributed by atoms with Crippen molar-refractivity contribution in [1.82, 2.24) is 0 Å². The van der Waals surface area contributed by atoms with Crippen LogP contribution in [-0.4, -0.2) is 10.9 Å². The van der Waals surface area contributed by atoms with Crippen LogP contribution in [0.5, 0.6) is 5.75 Å². The highest BCUT2D eigenvalue weighted by Crippen LogP contribution is 2.42. The molecule has 1 unspecified atom stereocenters. The van der Waals surface area contributed by atoms with E-state index in [9.17, 15) is 9.90 Å². The second-order valence-corrected chi connectivity index (χ2v) is 6.03. The maximum Gasteiger partial charge on any atom is 0.174 e. The summed E-state index contributed by atoms with van der Waals surface area (Å²) >= 11 is 0. The fraction of sp³-hybridized carbons (Fsp3) is 0.190. The summed E-state index contributed by atoms with van der Waals surface area (Å²) in [6.45, 7) is 4.12. The highest BCUT2D eigenvalue weighted by Gasteiger charge is 2.23. The topological polar surface area (TPSA) is 37.3 Å². The van der Waals surface area contributed by atoms with Crippen LogP contribution in [0.3, 0.4) is 0 Å². The molecule has 2 nitrogen and oxygen atoms in total. The second kappa shape index (κ2) is 5.78. The Kier molecular flexibility index (Phi) is 3.80. The minimum atomic E-state index is -0.0288. The summed E-state index contributed by atoms with van der Waals surface area (Å²) in [5.41, 5.74) is 6.11. The number of phenolic OH excluding ortho intramolecular Hbond substituents is 1. The van der Waals surface area contributed by atoms with Gasteiger partial charge in [0.15, 0.2) is 5.78 Å². The number of ketones is 1. The number of hydrogen-bond donors (Lipinski definition) is 1. The summed E-state index contributed by atoms with van der Waals surface area (Å²) in [6.07, 6.45) is 7.46. The van der Waals surface area contributed by atoms with Crippen LogP contribution >= 0.6 is 0 Å². The third kappa shape index (κ3) is 2.78. The van der Waals surface area contributed by atoms with Gasteiger partial charge in [-0.2, -0.15) is 0 Å². The van der Waals surface area contributed by atoms with Gasteiger partial charge in [-0.3, -0.25) is 4.79 Å². The third-order valence-electron chi connectivity index (χ3n) is 4.31. The first-order valence-corrected chi connectivity index (χ1v) is 7.63. The van der Waals surface area contributed by atoms with Gasteiger partial charge in [0.25, 0.3) is 0 Å². The van der Waals surface area contributed by atoms with Gasteiger partial charge in [0.1, 0.15) is 5.75 Å². The molecule has 0 aliphatic heterocycles. The molecular formula is C21H18O2. The van der Waals surface area contributed by atoms with Crippen molar-refractivity contribution in [3.05, 3.63) is 64.2 Å². The van der Waals surface area contributed by atoms with Crippen LogP contribution in [0.15, 0.2) is 36.4 Å². The Labute approximate surface area is 136 Å². The number of terminal acetylenes is 1. The predicted octanol–water partition coefficient (Wildman–Crippen LogP) is 4.56. The van der Waals surface area contributed by atoms with Crippen LogP contribution in [-0.2, 0) is 0 Å². The fourth-order valence-electron chi connectivity index (χ4n) is 3.18. The molecule has 2 heteroatoms. The maximum absolute atomic E-state index is 12.1. The van der Waals surface area contributed by atoms with E-state index in [0.717, 1.165) is 22.3 Å². The zero-order chi connectivity index (χ0) is 16.6. The number of allylic oxidation sites excluding steroid dienone is 1. The van der Waals surface area contributed by atoms with E-state index in [1.807, 2.05) is 25.1 Å². The summed E-state index contributed by atoms with van der Waals surface area (Å²) < 4.78 is 0. The number of aromatic hydroxyl groups is 1. The Morgan fingerprint density at radius 1 is 1.26 bits per heavy atom. The van der Waals surface area contributed by atoms with Crippen molar-refractivity contribution in [3.63, 3.8) is 0 Å². The molecule has 114 valence electrons. The third-order valence-corrected chi connectivity index (χ3v) is 4.31. The summed E-state index contributed by atoms with van der Waals surface area (Å²) in [5.74, 6) is 2.87. The molecule has 0 saturated heterocycles. The number of carbonyl (C=O) groups excluding carboxylic acids is 1. The first-order chi connectivity index (χ1) is 11.0. The quantitative estimate of drug-likeness (QED) is 0.666. The van der Waals surface area contributed by atoms with E-state index in [1.54, 1.807) is 12.1 Å². The van der Waals surface area contributed by atoms with Crippen LogP contribution in [0, 0.1) is 19.3 Å². The molecule has 2 aromatic carbocycles. The van der Waals surface area contributed by atoms with Crippen LogP contribution in [0.1, 0.15) is 51.9 Å². The lowest BCUT2D eigenvalue weighted by Crippen LogP contribution is -2.01. The monoisotopic (exact) mass is 302 g/mol. The minimum Gasteiger partial charge on any atom is -0.508 e. The van der Waals surface area contributed by atoms with Gasteiger partial charge in [-0.1, -0.05) is 31.1 Å². The highest BCUT2D eigenvalue weighted by atomic mass is 16.3. The number of aryl methyl sites for hydroxylation is 1. The number of Topliss-reactive ketones (excluding diaryl/α,β-unsaturated/α-hetero) is 1. The first-order valence-electron chi connectivity index (χ1n) is 7.63. The van der Waals surface area contributed by atoms with Gasteiger partial charge in [-0.05, 0) is 59.0 Å². The van der Waals surface area contributed by atoms with Gasteiger partial charge in [0, 0.05) is 11.5 Å². The van der Waals surface area contributed by atoms with Crippen molar-refractivity contribution in [1.29, 1.82) is 0 Å². The SMILES string of the molecule is C#CCC(=O)c1cc(C)cc(C2=Cc3cc(O)ccc3C2C)c1. The molecule has 0 saturated carbocycles. The molecule has 2 aromatic rings. The first kappa shape index (κ1) is 15.1. The molecule has 0 spiro atoms. The van der Waals surface area contributed by atoms with Gasteiger partial charge in [-0.15, -0.1) is 6.42 Å². The predicted molar refractivity (Wildman–Crippen MR) is 93.4 cm³/mol. The smallest absolute Gasteiger partial charge is 0.174 e. The normalized spacial score (nSPS) is 15.7. The Morgan fingerprint density at radius 2 is 2.04 bits per heavy atom. The molecule has 23 heavy (non-hydrogen) atoms. The summed E-state index contributed by atoms with van der Waals surface area (Å²) in [7, 11) is 0. The number of fused-ring (bicyclic) bond motifs is 1. The molecule has 3 rings (SSSR count). The Hall–Kier alpha value is -2.79. The minimum absolute atomic E-state index is 0.0288. The molecule has 0 heterocycles. The standard InChI is InChI=1S/C21H18O2/c1-4-5-21(23)17-9-13(2)8-15(10-17)20-12-16-11-18(22)6-7-19(16)14(20)3/h1,6-12,14,22H,5H2,2-3H3. The van der Waals surface area contributed by atoms with Gasteiger partial charge in [0.05, 0.1) is 6.42 Å². The lowest BCUT2D eigenvalue weighted by atomic mass is 9.90. The molecule has 0 fully saturated rings. The van der Waals surface area contributed by atoms with E-state index >= 15 is 0 Å². The van der Waals surface area contributed by atoms with Crippen molar-refractivity contribution in [2.45, 2.75) is 26.2 Å². The lowest BCUT2D eigenvalue weighted by molar-refractivity contribution is 0.0998. The molecule has 0 radical (unpaired) electrons. The Morgan fingerprint density at radius 3 is 2.78 bits per heavy atom. The zero-order valence-electron chi connectivity index (χ0n) is 13.3. The van der Waals surface area contributed by atoms with Crippen molar-refractivity contribution in [2.75, 3.05) is 0 Å². The molecule has 1 aliphatic carbocycles. The number of rotatable bonds is 3. The molecule has 0 amide bonds. The highest BCUT2D eigenvalue weighted by molar-refractivity contribution is 6.00.